The van der Waals surface area contributed by atoms with Crippen LogP contribution in [0.3, 0.4) is 0 Å². The summed E-state index contributed by atoms with van der Waals surface area (Å²) in [5, 5.41) is 14.4. The summed E-state index contributed by atoms with van der Waals surface area (Å²) in [5.41, 5.74) is 1.81. The Hall–Kier alpha value is -3.60. The SMILES string of the molecule is COc1c2ccc(C(=O)N3CCC(COc4ncccc4C#N)CC3)cc2nn1C. The minimum atomic E-state index is 0.0115. The lowest BCUT2D eigenvalue weighted by atomic mass is 9.97. The second kappa shape index (κ2) is 8.41. The molecule has 0 N–H and O–H groups in total. The summed E-state index contributed by atoms with van der Waals surface area (Å²) in [6, 6.07) is 11.0. The Balaban J connectivity index is 1.36. The van der Waals surface area contributed by atoms with Crippen molar-refractivity contribution < 1.29 is 14.3 Å². The van der Waals surface area contributed by atoms with E-state index in [0.29, 0.717) is 48.5 Å². The maximum Gasteiger partial charge on any atom is 0.253 e. The molecule has 1 fully saturated rings. The van der Waals surface area contributed by atoms with Crippen molar-refractivity contribution in [3.63, 3.8) is 0 Å². The molecule has 30 heavy (non-hydrogen) atoms. The summed E-state index contributed by atoms with van der Waals surface area (Å²) in [7, 11) is 3.43. The number of rotatable bonds is 5. The van der Waals surface area contributed by atoms with Gasteiger partial charge in [-0.15, -0.1) is 0 Å². The van der Waals surface area contributed by atoms with Gasteiger partial charge in [0.25, 0.3) is 5.91 Å². The van der Waals surface area contributed by atoms with Crippen molar-refractivity contribution in [3.05, 3.63) is 47.7 Å². The van der Waals surface area contributed by atoms with E-state index >= 15 is 0 Å². The van der Waals surface area contributed by atoms with Crippen molar-refractivity contribution >= 4 is 16.8 Å². The lowest BCUT2D eigenvalue weighted by Gasteiger charge is -2.32. The Bertz CT molecular complexity index is 1110. The zero-order valence-electron chi connectivity index (χ0n) is 17.0. The molecule has 8 nitrogen and oxygen atoms in total. The number of benzene rings is 1. The largest absolute Gasteiger partial charge is 0.481 e. The molecule has 1 amide bonds. The molecule has 0 spiro atoms. The number of ether oxygens (including phenoxy) is 2. The number of likely N-dealkylation sites (tertiary alicyclic amines) is 1. The minimum Gasteiger partial charge on any atom is -0.481 e. The van der Waals surface area contributed by atoms with E-state index in [1.54, 1.807) is 30.1 Å². The smallest absolute Gasteiger partial charge is 0.253 e. The fourth-order valence-corrected chi connectivity index (χ4v) is 3.82. The third-order valence-electron chi connectivity index (χ3n) is 5.47. The van der Waals surface area contributed by atoms with E-state index in [0.717, 1.165) is 23.7 Å². The van der Waals surface area contributed by atoms with Gasteiger partial charge in [0.05, 0.1) is 24.6 Å². The number of nitrogens with zero attached hydrogens (tertiary/aromatic N) is 5. The highest BCUT2D eigenvalue weighted by molar-refractivity contribution is 5.98. The van der Waals surface area contributed by atoms with Gasteiger partial charge in [-0.1, -0.05) is 0 Å². The Morgan fingerprint density at radius 3 is 2.83 bits per heavy atom. The molecule has 4 rings (SSSR count). The molecule has 1 aliphatic rings. The first-order chi connectivity index (χ1) is 14.6. The quantitative estimate of drug-likeness (QED) is 0.648. The molecule has 3 aromatic rings. The highest BCUT2D eigenvalue weighted by Crippen LogP contribution is 2.27. The van der Waals surface area contributed by atoms with Crippen molar-refractivity contribution in [3.8, 4) is 17.8 Å². The van der Waals surface area contributed by atoms with E-state index in [1.807, 2.05) is 30.1 Å². The second-order valence-electron chi connectivity index (χ2n) is 7.38. The van der Waals surface area contributed by atoms with E-state index in [4.69, 9.17) is 14.7 Å². The summed E-state index contributed by atoms with van der Waals surface area (Å²) >= 11 is 0. The van der Waals surface area contributed by atoms with Gasteiger partial charge in [-0.2, -0.15) is 10.4 Å². The number of methoxy groups -OCH3 is 1. The molecular weight excluding hydrogens is 382 g/mol. The number of carbonyl (C=O) groups excluding carboxylic acids is 1. The number of fused-ring (bicyclic) bond motifs is 1. The number of aryl methyl sites for hydroxylation is 1. The summed E-state index contributed by atoms with van der Waals surface area (Å²) in [5.74, 6) is 1.39. The van der Waals surface area contributed by atoms with Gasteiger partial charge in [-0.25, -0.2) is 9.67 Å². The number of hydrogen-bond donors (Lipinski definition) is 0. The van der Waals surface area contributed by atoms with Crippen LogP contribution in [-0.4, -0.2) is 52.4 Å². The number of hydrogen-bond acceptors (Lipinski definition) is 6. The van der Waals surface area contributed by atoms with Gasteiger partial charge >= 0.3 is 0 Å². The minimum absolute atomic E-state index is 0.0115. The third kappa shape index (κ3) is 3.79. The number of piperidine rings is 1. The number of pyridine rings is 1. The highest BCUT2D eigenvalue weighted by atomic mass is 16.5. The Morgan fingerprint density at radius 1 is 1.30 bits per heavy atom. The van der Waals surface area contributed by atoms with Gasteiger partial charge < -0.3 is 14.4 Å². The van der Waals surface area contributed by atoms with Crippen LogP contribution in [0.2, 0.25) is 0 Å². The molecule has 8 heteroatoms. The summed E-state index contributed by atoms with van der Waals surface area (Å²) in [4.78, 5) is 19.0. The van der Waals surface area contributed by atoms with Gasteiger partial charge in [0.2, 0.25) is 11.8 Å². The van der Waals surface area contributed by atoms with Crippen molar-refractivity contribution in [1.29, 1.82) is 5.26 Å². The van der Waals surface area contributed by atoms with E-state index < -0.39 is 0 Å². The predicted octanol–water partition coefficient (Wildman–Crippen LogP) is 2.78. The van der Waals surface area contributed by atoms with Crippen molar-refractivity contribution in [1.82, 2.24) is 19.7 Å². The van der Waals surface area contributed by atoms with E-state index in [2.05, 4.69) is 16.2 Å². The fourth-order valence-electron chi connectivity index (χ4n) is 3.82. The van der Waals surface area contributed by atoms with Crippen molar-refractivity contribution in [2.45, 2.75) is 12.8 Å². The van der Waals surface area contributed by atoms with Gasteiger partial charge in [0.15, 0.2) is 0 Å². The van der Waals surface area contributed by atoms with Gasteiger partial charge in [0, 0.05) is 31.9 Å². The maximum atomic E-state index is 13.0. The molecule has 1 aromatic carbocycles. The maximum absolute atomic E-state index is 13.0. The van der Waals surface area contributed by atoms with Gasteiger partial charge in [0.1, 0.15) is 11.6 Å². The van der Waals surface area contributed by atoms with Gasteiger partial charge in [-0.05, 0) is 49.1 Å². The summed E-state index contributed by atoms with van der Waals surface area (Å²) in [6.07, 6.45) is 3.31. The standard InChI is InChI=1S/C22H23N5O3/c1-26-22(29-2)18-6-5-16(12-19(18)25-26)21(28)27-10-7-15(8-11-27)14-30-20-17(13-23)4-3-9-24-20/h3-6,9,12,15H,7-8,10-11,14H2,1-2H3. The number of aromatic nitrogens is 3. The average molecular weight is 405 g/mol. The molecular formula is C22H23N5O3. The molecule has 0 radical (unpaired) electrons. The highest BCUT2D eigenvalue weighted by Gasteiger charge is 2.25. The van der Waals surface area contributed by atoms with Crippen molar-refractivity contribution in [2.75, 3.05) is 26.8 Å². The van der Waals surface area contributed by atoms with Crippen LogP contribution in [0.25, 0.3) is 10.9 Å². The average Bonchev–Trinajstić information content (AvgIpc) is 3.11. The molecule has 0 bridgehead atoms. The lowest BCUT2D eigenvalue weighted by Crippen LogP contribution is -2.39. The first-order valence-corrected chi connectivity index (χ1v) is 9.88. The molecule has 2 aromatic heterocycles. The molecule has 0 atom stereocenters. The topological polar surface area (TPSA) is 93.3 Å². The molecule has 0 aliphatic carbocycles. The number of carbonyl (C=O) groups is 1. The fraction of sp³-hybridized carbons (Fsp3) is 0.364. The lowest BCUT2D eigenvalue weighted by molar-refractivity contribution is 0.0659. The van der Waals surface area contributed by atoms with Crippen LogP contribution in [0.4, 0.5) is 0 Å². The zero-order chi connectivity index (χ0) is 21.1. The van der Waals surface area contributed by atoms with Crippen LogP contribution in [0.1, 0.15) is 28.8 Å². The van der Waals surface area contributed by atoms with Crippen LogP contribution in [0.15, 0.2) is 36.5 Å². The summed E-state index contributed by atoms with van der Waals surface area (Å²) in [6.45, 7) is 1.83. The number of amides is 1. The van der Waals surface area contributed by atoms with E-state index in [-0.39, 0.29) is 5.91 Å². The van der Waals surface area contributed by atoms with Crippen LogP contribution in [0.5, 0.6) is 11.8 Å². The van der Waals surface area contributed by atoms with Gasteiger partial charge in [-0.3, -0.25) is 4.79 Å². The first kappa shape index (κ1) is 19.7. The molecule has 1 saturated heterocycles. The summed E-state index contributed by atoms with van der Waals surface area (Å²) < 4.78 is 12.8. The second-order valence-corrected chi connectivity index (χ2v) is 7.38. The molecule has 154 valence electrons. The normalized spacial score (nSPS) is 14.5. The third-order valence-corrected chi connectivity index (χ3v) is 5.47. The zero-order valence-corrected chi connectivity index (χ0v) is 17.0. The Labute approximate surface area is 174 Å². The number of nitriles is 1. The Kier molecular flexibility index (Phi) is 5.53. The first-order valence-electron chi connectivity index (χ1n) is 9.88. The Morgan fingerprint density at radius 2 is 2.10 bits per heavy atom. The van der Waals surface area contributed by atoms with Crippen LogP contribution < -0.4 is 9.47 Å². The van der Waals surface area contributed by atoms with Crippen LogP contribution in [0, 0.1) is 17.2 Å². The van der Waals surface area contributed by atoms with Crippen LogP contribution in [-0.2, 0) is 7.05 Å². The molecule has 0 saturated carbocycles. The van der Waals surface area contributed by atoms with Crippen LogP contribution >= 0.6 is 0 Å². The van der Waals surface area contributed by atoms with Crippen molar-refractivity contribution in [2.24, 2.45) is 13.0 Å². The van der Waals surface area contributed by atoms with E-state index in [9.17, 15) is 4.79 Å². The predicted molar refractivity (Wildman–Crippen MR) is 110 cm³/mol. The molecule has 3 heterocycles. The monoisotopic (exact) mass is 405 g/mol. The van der Waals surface area contributed by atoms with E-state index in [1.165, 1.54) is 0 Å². The molecule has 1 aliphatic heterocycles. The molecule has 0 unspecified atom stereocenters.